The Kier molecular flexibility index (Phi) is 6.38. The molecule has 33 heavy (non-hydrogen) atoms. The Morgan fingerprint density at radius 2 is 1.70 bits per heavy atom. The van der Waals surface area contributed by atoms with E-state index >= 15 is 0 Å². The number of likely N-dealkylation sites (tertiary alicyclic amines) is 1. The molecule has 0 atom stereocenters. The van der Waals surface area contributed by atoms with Gasteiger partial charge in [0.1, 0.15) is 5.60 Å². The fourth-order valence-corrected chi connectivity index (χ4v) is 5.63. The first-order valence-electron chi connectivity index (χ1n) is 12.3. The second-order valence-corrected chi connectivity index (χ2v) is 12.7. The number of benzene rings is 1. The average Bonchev–Trinajstić information content (AvgIpc) is 3.19. The Bertz CT molecular complexity index is 886. The van der Waals surface area contributed by atoms with Crippen molar-refractivity contribution in [2.24, 2.45) is 5.41 Å². The standard InChI is InChI=1S/C26H39BClNO4/c1-23(2,3)31-22(30)29-15-14-26(17-29)12-10-18(11-13-26)19-8-9-20(21(28)16-19)27-32-24(4,5)25(6,7)33-27/h8-9,16,18H,10-15,17H2,1-7H3. The van der Waals surface area contributed by atoms with E-state index in [2.05, 4.69) is 45.9 Å². The van der Waals surface area contributed by atoms with Crippen molar-refractivity contribution in [2.75, 3.05) is 13.1 Å². The molecular formula is C26H39BClNO4. The van der Waals surface area contributed by atoms with Crippen LogP contribution in [-0.2, 0) is 14.0 Å². The Labute approximate surface area is 204 Å². The van der Waals surface area contributed by atoms with Crippen LogP contribution in [0.15, 0.2) is 18.2 Å². The molecule has 1 aromatic carbocycles. The molecule has 0 bridgehead atoms. The first kappa shape index (κ1) is 24.9. The number of rotatable bonds is 2. The minimum Gasteiger partial charge on any atom is -0.444 e. The summed E-state index contributed by atoms with van der Waals surface area (Å²) < 4.78 is 18.0. The maximum Gasteiger partial charge on any atom is 0.496 e. The van der Waals surface area contributed by atoms with Crippen LogP contribution in [0.2, 0.25) is 5.02 Å². The molecule has 1 spiro atoms. The molecule has 0 N–H and O–H groups in total. The lowest BCUT2D eigenvalue weighted by atomic mass is 9.68. The molecule has 2 aliphatic heterocycles. The largest absolute Gasteiger partial charge is 0.496 e. The summed E-state index contributed by atoms with van der Waals surface area (Å²) in [6.07, 6.45) is 5.40. The predicted molar refractivity (Wildman–Crippen MR) is 133 cm³/mol. The molecule has 182 valence electrons. The number of amides is 1. The monoisotopic (exact) mass is 475 g/mol. The highest BCUT2D eigenvalue weighted by Crippen LogP contribution is 2.48. The van der Waals surface area contributed by atoms with E-state index in [1.54, 1.807) is 0 Å². The van der Waals surface area contributed by atoms with Crippen molar-refractivity contribution in [3.8, 4) is 0 Å². The lowest BCUT2D eigenvalue weighted by Gasteiger charge is -2.37. The van der Waals surface area contributed by atoms with Gasteiger partial charge in [-0.15, -0.1) is 0 Å². The van der Waals surface area contributed by atoms with Gasteiger partial charge < -0.3 is 18.9 Å². The third-order valence-electron chi connectivity index (χ3n) is 8.14. The van der Waals surface area contributed by atoms with Crippen LogP contribution in [0.4, 0.5) is 4.79 Å². The number of ether oxygens (including phenoxy) is 1. The summed E-state index contributed by atoms with van der Waals surface area (Å²) in [5.74, 6) is 0.496. The van der Waals surface area contributed by atoms with E-state index in [1.165, 1.54) is 5.56 Å². The van der Waals surface area contributed by atoms with E-state index in [4.69, 9.17) is 25.6 Å². The Hall–Kier alpha value is -1.24. The summed E-state index contributed by atoms with van der Waals surface area (Å²) in [5.41, 5.74) is 1.21. The molecule has 7 heteroatoms. The molecule has 0 unspecified atom stereocenters. The van der Waals surface area contributed by atoms with Crippen molar-refractivity contribution in [1.82, 2.24) is 4.90 Å². The lowest BCUT2D eigenvalue weighted by Crippen LogP contribution is -2.41. The molecule has 1 saturated carbocycles. The minimum atomic E-state index is -0.448. The van der Waals surface area contributed by atoms with Crippen LogP contribution in [0.1, 0.15) is 92.1 Å². The molecule has 1 aliphatic carbocycles. The van der Waals surface area contributed by atoms with Crippen molar-refractivity contribution < 1.29 is 18.8 Å². The zero-order chi connectivity index (χ0) is 24.2. The van der Waals surface area contributed by atoms with Gasteiger partial charge in [-0.25, -0.2) is 4.79 Å². The highest BCUT2D eigenvalue weighted by molar-refractivity contribution is 6.65. The van der Waals surface area contributed by atoms with Gasteiger partial charge in [-0.05, 0) is 104 Å². The predicted octanol–water partition coefficient (Wildman–Crippen LogP) is 5.92. The van der Waals surface area contributed by atoms with E-state index in [-0.39, 0.29) is 22.7 Å². The van der Waals surface area contributed by atoms with E-state index in [0.717, 1.165) is 50.7 Å². The molecule has 2 heterocycles. The van der Waals surface area contributed by atoms with Crippen LogP contribution in [0.5, 0.6) is 0 Å². The third kappa shape index (κ3) is 5.08. The molecule has 3 aliphatic rings. The second-order valence-electron chi connectivity index (χ2n) is 12.3. The van der Waals surface area contributed by atoms with E-state index in [9.17, 15) is 4.79 Å². The smallest absolute Gasteiger partial charge is 0.444 e. The number of carbonyl (C=O) groups excluding carboxylic acids is 1. The first-order chi connectivity index (χ1) is 15.2. The van der Waals surface area contributed by atoms with Crippen LogP contribution in [0.3, 0.4) is 0 Å². The summed E-state index contributed by atoms with van der Waals surface area (Å²) in [7, 11) is -0.441. The number of carbonyl (C=O) groups is 1. The SMILES string of the molecule is CC(C)(C)OC(=O)N1CCC2(CCC(c3ccc(B4OC(C)(C)C(C)(C)O4)c(Cl)c3)CC2)C1. The third-order valence-corrected chi connectivity index (χ3v) is 8.47. The van der Waals surface area contributed by atoms with Gasteiger partial charge in [0.2, 0.25) is 0 Å². The number of nitrogens with zero attached hydrogens (tertiary/aromatic N) is 1. The lowest BCUT2D eigenvalue weighted by molar-refractivity contribution is 0.00578. The summed E-state index contributed by atoms with van der Waals surface area (Å²) in [4.78, 5) is 14.4. The van der Waals surface area contributed by atoms with Crippen molar-refractivity contribution in [1.29, 1.82) is 0 Å². The molecule has 1 aromatic rings. The molecule has 4 rings (SSSR count). The molecular weight excluding hydrogens is 437 g/mol. The normalized spacial score (nSPS) is 29.0. The highest BCUT2D eigenvalue weighted by atomic mass is 35.5. The Balaban J connectivity index is 1.37. The second kappa shape index (κ2) is 8.46. The molecule has 0 radical (unpaired) electrons. The van der Waals surface area contributed by atoms with Crippen LogP contribution in [0.25, 0.3) is 0 Å². The summed E-state index contributed by atoms with van der Waals surface area (Å²) in [6, 6.07) is 6.37. The van der Waals surface area contributed by atoms with Gasteiger partial charge in [-0.1, -0.05) is 23.7 Å². The highest BCUT2D eigenvalue weighted by Gasteiger charge is 2.52. The van der Waals surface area contributed by atoms with E-state index in [0.29, 0.717) is 10.9 Å². The van der Waals surface area contributed by atoms with Gasteiger partial charge in [-0.2, -0.15) is 0 Å². The molecule has 0 aromatic heterocycles. The zero-order valence-corrected chi connectivity index (χ0v) is 22.1. The van der Waals surface area contributed by atoms with Crippen LogP contribution < -0.4 is 5.46 Å². The van der Waals surface area contributed by atoms with E-state index in [1.807, 2.05) is 25.7 Å². The summed E-state index contributed by atoms with van der Waals surface area (Å²) in [5, 5.41) is 0.711. The van der Waals surface area contributed by atoms with E-state index < -0.39 is 12.7 Å². The topological polar surface area (TPSA) is 48.0 Å². The Morgan fingerprint density at radius 3 is 2.24 bits per heavy atom. The van der Waals surface area contributed by atoms with Crippen LogP contribution in [-0.4, -0.2) is 48.0 Å². The number of halogens is 1. The maximum absolute atomic E-state index is 12.5. The van der Waals surface area contributed by atoms with Gasteiger partial charge in [0.25, 0.3) is 0 Å². The van der Waals surface area contributed by atoms with Crippen molar-refractivity contribution in [3.05, 3.63) is 28.8 Å². The van der Waals surface area contributed by atoms with Crippen molar-refractivity contribution in [2.45, 2.75) is 103 Å². The fraction of sp³-hybridized carbons (Fsp3) is 0.731. The summed E-state index contributed by atoms with van der Waals surface area (Å²) >= 11 is 6.72. The fourth-order valence-electron chi connectivity index (χ4n) is 5.35. The zero-order valence-electron chi connectivity index (χ0n) is 21.3. The Morgan fingerprint density at radius 1 is 1.09 bits per heavy atom. The molecule has 5 nitrogen and oxygen atoms in total. The van der Waals surface area contributed by atoms with Gasteiger partial charge >= 0.3 is 13.2 Å². The van der Waals surface area contributed by atoms with Crippen LogP contribution in [0, 0.1) is 5.41 Å². The van der Waals surface area contributed by atoms with Crippen LogP contribution >= 0.6 is 11.6 Å². The average molecular weight is 476 g/mol. The quantitative estimate of drug-likeness (QED) is 0.498. The minimum absolute atomic E-state index is 0.174. The number of hydrogen-bond donors (Lipinski definition) is 0. The number of hydrogen-bond acceptors (Lipinski definition) is 4. The van der Waals surface area contributed by atoms with Crippen molar-refractivity contribution in [3.63, 3.8) is 0 Å². The van der Waals surface area contributed by atoms with Crippen molar-refractivity contribution >= 4 is 30.3 Å². The van der Waals surface area contributed by atoms with Gasteiger partial charge in [0, 0.05) is 23.6 Å². The maximum atomic E-state index is 12.5. The first-order valence-corrected chi connectivity index (χ1v) is 12.7. The summed E-state index contributed by atoms with van der Waals surface area (Å²) in [6.45, 7) is 15.6. The van der Waals surface area contributed by atoms with Gasteiger partial charge in [0.15, 0.2) is 0 Å². The molecule has 1 amide bonds. The van der Waals surface area contributed by atoms with Gasteiger partial charge in [-0.3, -0.25) is 0 Å². The molecule has 3 fully saturated rings. The molecule has 2 saturated heterocycles. The van der Waals surface area contributed by atoms with Gasteiger partial charge in [0.05, 0.1) is 11.2 Å².